The number of ether oxygens (including phenoxy) is 1. The number of rotatable bonds is 5. The number of benzene rings is 1. The van der Waals surface area contributed by atoms with E-state index in [4.69, 9.17) is 4.74 Å². The molecule has 2 rings (SSSR count). The number of tetrazole rings is 1. The van der Waals surface area contributed by atoms with Crippen molar-refractivity contribution in [2.24, 2.45) is 0 Å². The van der Waals surface area contributed by atoms with E-state index in [0.29, 0.717) is 6.54 Å². The van der Waals surface area contributed by atoms with Gasteiger partial charge in [0.05, 0.1) is 12.0 Å². The minimum absolute atomic E-state index is 0.0786. The van der Waals surface area contributed by atoms with E-state index in [2.05, 4.69) is 20.8 Å². The minimum Gasteiger partial charge on any atom is -0.490 e. The summed E-state index contributed by atoms with van der Waals surface area (Å²) in [4.78, 5) is 22.4. The number of nitro benzene ring substituents is 1. The third-order valence-electron chi connectivity index (χ3n) is 2.69. The topological polar surface area (TPSA) is 125 Å². The number of anilines is 1. The molecule has 1 heterocycles. The molecule has 1 aromatic carbocycles. The van der Waals surface area contributed by atoms with Gasteiger partial charge in [0.25, 0.3) is 5.91 Å². The number of carbonyl (C=O) groups excluding carboxylic acids is 1. The van der Waals surface area contributed by atoms with Crippen LogP contribution < -0.4 is 10.1 Å². The highest BCUT2D eigenvalue weighted by Crippen LogP contribution is 2.27. The second-order valence-corrected chi connectivity index (χ2v) is 3.92. The smallest absolute Gasteiger partial charge is 0.311 e. The van der Waals surface area contributed by atoms with Crippen molar-refractivity contribution in [1.29, 1.82) is 0 Å². The van der Waals surface area contributed by atoms with Crippen molar-refractivity contribution in [2.75, 3.05) is 12.4 Å². The lowest BCUT2D eigenvalue weighted by atomic mass is 10.2. The normalized spacial score (nSPS) is 10.2. The number of amides is 1. The van der Waals surface area contributed by atoms with E-state index in [0.717, 1.165) is 6.07 Å². The molecule has 10 nitrogen and oxygen atoms in total. The first kappa shape index (κ1) is 14.4. The van der Waals surface area contributed by atoms with E-state index < -0.39 is 10.8 Å². The van der Waals surface area contributed by atoms with Gasteiger partial charge in [0.1, 0.15) is 0 Å². The molecule has 21 heavy (non-hydrogen) atoms. The molecule has 0 aliphatic heterocycles. The molecular weight excluding hydrogens is 280 g/mol. The summed E-state index contributed by atoms with van der Waals surface area (Å²) in [7, 11) is 1.32. The van der Waals surface area contributed by atoms with Crippen molar-refractivity contribution in [3.63, 3.8) is 0 Å². The van der Waals surface area contributed by atoms with Gasteiger partial charge in [-0.3, -0.25) is 20.2 Å². The number of nitrogens with one attached hydrogen (secondary N) is 1. The van der Waals surface area contributed by atoms with Crippen LogP contribution in [-0.2, 0) is 6.54 Å². The third kappa shape index (κ3) is 2.94. The Hall–Kier alpha value is -3.04. The lowest BCUT2D eigenvalue weighted by Gasteiger charge is -2.06. The van der Waals surface area contributed by atoms with Gasteiger partial charge in [-0.05, 0) is 29.5 Å². The van der Waals surface area contributed by atoms with E-state index in [1.807, 2.05) is 6.92 Å². The largest absolute Gasteiger partial charge is 0.490 e. The number of methoxy groups -OCH3 is 1. The first-order valence-electron chi connectivity index (χ1n) is 5.96. The summed E-state index contributed by atoms with van der Waals surface area (Å²) < 4.78 is 6.26. The van der Waals surface area contributed by atoms with Crippen molar-refractivity contribution < 1.29 is 14.5 Å². The molecule has 1 aromatic heterocycles. The van der Waals surface area contributed by atoms with Crippen LogP contribution in [0, 0.1) is 10.1 Å². The van der Waals surface area contributed by atoms with Crippen LogP contribution in [0.2, 0.25) is 0 Å². The third-order valence-corrected chi connectivity index (χ3v) is 2.69. The van der Waals surface area contributed by atoms with Crippen LogP contribution in [0.3, 0.4) is 0 Å². The van der Waals surface area contributed by atoms with Crippen LogP contribution in [0.1, 0.15) is 17.3 Å². The maximum absolute atomic E-state index is 12.1. The van der Waals surface area contributed by atoms with Gasteiger partial charge in [-0.2, -0.15) is 0 Å². The van der Waals surface area contributed by atoms with Gasteiger partial charge in [0, 0.05) is 18.2 Å². The summed E-state index contributed by atoms with van der Waals surface area (Å²) >= 11 is 0. The first-order chi connectivity index (χ1) is 10.1. The Kier molecular flexibility index (Phi) is 4.07. The lowest BCUT2D eigenvalue weighted by molar-refractivity contribution is -0.385. The molecule has 0 aliphatic carbocycles. The van der Waals surface area contributed by atoms with Gasteiger partial charge in [0.15, 0.2) is 5.75 Å². The van der Waals surface area contributed by atoms with Crippen LogP contribution in [0.25, 0.3) is 0 Å². The molecule has 110 valence electrons. The Labute approximate surface area is 118 Å². The van der Waals surface area contributed by atoms with Crippen molar-refractivity contribution in [1.82, 2.24) is 20.2 Å². The van der Waals surface area contributed by atoms with Crippen molar-refractivity contribution in [3.05, 3.63) is 33.9 Å². The SMILES string of the molecule is CCn1nnnc1NC(=O)c1ccc(OC)c([N+](=O)[O-])c1. The Bertz CT molecular complexity index is 683. The number of nitro groups is 1. The quantitative estimate of drug-likeness (QED) is 0.639. The number of carbonyl (C=O) groups is 1. The number of aromatic nitrogens is 4. The number of hydrogen-bond acceptors (Lipinski definition) is 7. The van der Waals surface area contributed by atoms with Gasteiger partial charge < -0.3 is 4.74 Å². The number of hydrogen-bond donors (Lipinski definition) is 1. The number of aryl methyl sites for hydroxylation is 1. The molecule has 10 heteroatoms. The predicted octanol–water partition coefficient (Wildman–Crippen LogP) is 0.862. The molecule has 0 radical (unpaired) electrons. The summed E-state index contributed by atoms with van der Waals surface area (Å²) in [5, 5.41) is 24.2. The molecule has 0 saturated carbocycles. The van der Waals surface area contributed by atoms with E-state index in [1.165, 1.54) is 23.9 Å². The minimum atomic E-state index is -0.619. The fraction of sp³-hybridized carbons (Fsp3) is 0.273. The summed E-state index contributed by atoms with van der Waals surface area (Å²) in [5.74, 6) is -0.304. The van der Waals surface area contributed by atoms with Crippen LogP contribution in [0.4, 0.5) is 11.6 Å². The molecule has 0 spiro atoms. The standard InChI is InChI=1S/C11H12N6O4/c1-3-16-11(13-14-15-16)12-10(18)7-4-5-9(21-2)8(6-7)17(19)20/h4-6H,3H2,1-2H3,(H,12,13,15,18). The van der Waals surface area contributed by atoms with E-state index >= 15 is 0 Å². The van der Waals surface area contributed by atoms with Gasteiger partial charge >= 0.3 is 5.69 Å². The number of nitrogens with zero attached hydrogens (tertiary/aromatic N) is 5. The molecule has 1 amide bonds. The summed E-state index contributed by atoms with van der Waals surface area (Å²) in [6.45, 7) is 2.29. The molecule has 0 bridgehead atoms. The highest BCUT2D eigenvalue weighted by molar-refractivity contribution is 6.03. The van der Waals surface area contributed by atoms with Crippen LogP contribution in [0.15, 0.2) is 18.2 Å². The van der Waals surface area contributed by atoms with E-state index in [9.17, 15) is 14.9 Å². The second-order valence-electron chi connectivity index (χ2n) is 3.92. The van der Waals surface area contributed by atoms with Crippen molar-refractivity contribution >= 4 is 17.5 Å². The van der Waals surface area contributed by atoms with Gasteiger partial charge in [-0.25, -0.2) is 4.68 Å². The Morgan fingerprint density at radius 2 is 2.29 bits per heavy atom. The van der Waals surface area contributed by atoms with Crippen LogP contribution >= 0.6 is 0 Å². The van der Waals surface area contributed by atoms with Gasteiger partial charge in [-0.1, -0.05) is 5.10 Å². The van der Waals surface area contributed by atoms with Gasteiger partial charge in [0.2, 0.25) is 5.95 Å². The fourth-order valence-corrected chi connectivity index (χ4v) is 1.65. The molecular formula is C11H12N6O4. The maximum Gasteiger partial charge on any atom is 0.311 e. The zero-order valence-corrected chi connectivity index (χ0v) is 11.3. The molecule has 0 fully saturated rings. The molecule has 2 aromatic rings. The van der Waals surface area contributed by atoms with Crippen LogP contribution in [0.5, 0.6) is 5.75 Å². The highest BCUT2D eigenvalue weighted by Gasteiger charge is 2.19. The average Bonchev–Trinajstić information content (AvgIpc) is 2.93. The van der Waals surface area contributed by atoms with Crippen LogP contribution in [-0.4, -0.2) is 38.1 Å². The van der Waals surface area contributed by atoms with E-state index in [-0.39, 0.29) is 22.9 Å². The zero-order chi connectivity index (χ0) is 15.4. The average molecular weight is 292 g/mol. The molecule has 0 aliphatic rings. The Morgan fingerprint density at radius 3 is 2.90 bits per heavy atom. The molecule has 1 N–H and O–H groups in total. The monoisotopic (exact) mass is 292 g/mol. The molecule has 0 unspecified atom stereocenters. The maximum atomic E-state index is 12.1. The summed E-state index contributed by atoms with van der Waals surface area (Å²) in [6.07, 6.45) is 0. The zero-order valence-electron chi connectivity index (χ0n) is 11.3. The molecule has 0 atom stereocenters. The molecule has 0 saturated heterocycles. The van der Waals surface area contributed by atoms with Crippen molar-refractivity contribution in [3.8, 4) is 5.75 Å². The predicted molar refractivity (Wildman–Crippen MR) is 71.1 cm³/mol. The van der Waals surface area contributed by atoms with Gasteiger partial charge in [-0.15, -0.1) is 0 Å². The van der Waals surface area contributed by atoms with Crippen molar-refractivity contribution in [2.45, 2.75) is 13.5 Å². The summed E-state index contributed by atoms with van der Waals surface area (Å²) in [5.41, 5.74) is -0.187. The second kappa shape index (κ2) is 5.94. The fourth-order valence-electron chi connectivity index (χ4n) is 1.65. The van der Waals surface area contributed by atoms with E-state index in [1.54, 1.807) is 0 Å². The summed E-state index contributed by atoms with van der Waals surface area (Å²) in [6, 6.07) is 3.91. The Balaban J connectivity index is 2.27. The Morgan fingerprint density at radius 1 is 1.52 bits per heavy atom. The lowest BCUT2D eigenvalue weighted by Crippen LogP contribution is -2.16. The highest BCUT2D eigenvalue weighted by atomic mass is 16.6. The first-order valence-corrected chi connectivity index (χ1v) is 5.96.